The molecule has 0 fully saturated rings. The molecule has 1 aromatic heterocycles. The molecule has 3 aromatic carbocycles. The number of benzene rings is 3. The van der Waals surface area contributed by atoms with Crippen LogP contribution in [0.5, 0.6) is 5.75 Å². The first-order chi connectivity index (χ1) is 15.9. The number of amides is 2. The van der Waals surface area contributed by atoms with Crippen LogP contribution in [0.3, 0.4) is 0 Å². The van der Waals surface area contributed by atoms with Crippen LogP contribution in [0, 0.1) is 5.82 Å². The van der Waals surface area contributed by atoms with E-state index in [4.69, 9.17) is 10.5 Å². The zero-order valence-electron chi connectivity index (χ0n) is 18.2. The number of carbonyl (C=O) groups excluding carboxylic acids is 2. The number of ether oxygens (including phenoxy) is 1. The maximum absolute atomic E-state index is 13.3. The minimum Gasteiger partial charge on any atom is -0.497 e. The fourth-order valence-electron chi connectivity index (χ4n) is 4.00. The molecule has 4 aromatic rings. The Morgan fingerprint density at radius 3 is 2.48 bits per heavy atom. The number of halogens is 1. The Balaban J connectivity index is 1.77. The summed E-state index contributed by atoms with van der Waals surface area (Å²) in [5, 5.41) is 8.02. The van der Waals surface area contributed by atoms with Gasteiger partial charge in [-0.15, -0.1) is 0 Å². The zero-order chi connectivity index (χ0) is 23.5. The summed E-state index contributed by atoms with van der Waals surface area (Å²) >= 11 is 0. The number of hydrogen-bond acceptors (Lipinski definition) is 4. The van der Waals surface area contributed by atoms with E-state index in [-0.39, 0.29) is 11.7 Å². The van der Waals surface area contributed by atoms with Crippen LogP contribution < -0.4 is 15.8 Å². The Bertz CT molecular complexity index is 1320. The van der Waals surface area contributed by atoms with E-state index in [2.05, 4.69) is 10.4 Å². The van der Waals surface area contributed by atoms with Gasteiger partial charge in [-0.3, -0.25) is 9.59 Å². The fraction of sp³-hybridized carbons (Fsp3) is 0.160. The summed E-state index contributed by atoms with van der Waals surface area (Å²) in [6, 6.07) is 19.1. The summed E-state index contributed by atoms with van der Waals surface area (Å²) in [6.45, 7) is 1.82. The molecule has 0 bridgehead atoms. The Hall–Kier alpha value is -4.20. The molecule has 0 unspecified atom stereocenters. The standard InChI is InChI=1S/C25H23FN4O3/c1-15(29-25(32)24(27)31)23(16-4-3-5-21(13-16)33-2)17-6-11-22-18(12-17)14-28-30(22)20-9-7-19(26)8-10-20/h3-15,23H,1-2H3,(H2,27,31)(H,29,32)/t15-,23-/m0/s1. The van der Waals surface area contributed by atoms with Crippen molar-refractivity contribution in [2.45, 2.75) is 18.9 Å². The van der Waals surface area contributed by atoms with Crippen LogP contribution in [0.4, 0.5) is 4.39 Å². The number of primary amides is 1. The third-order valence-electron chi connectivity index (χ3n) is 5.56. The smallest absolute Gasteiger partial charge is 0.309 e. The molecule has 3 N–H and O–H groups in total. The van der Waals surface area contributed by atoms with E-state index in [9.17, 15) is 14.0 Å². The lowest BCUT2D eigenvalue weighted by atomic mass is 9.85. The fourth-order valence-corrected chi connectivity index (χ4v) is 4.00. The van der Waals surface area contributed by atoms with Gasteiger partial charge in [-0.25, -0.2) is 9.07 Å². The molecule has 4 rings (SSSR count). The molecule has 7 nitrogen and oxygen atoms in total. The van der Waals surface area contributed by atoms with Gasteiger partial charge in [0, 0.05) is 17.3 Å². The van der Waals surface area contributed by atoms with E-state index in [1.165, 1.54) is 12.1 Å². The molecule has 8 heteroatoms. The minimum absolute atomic E-state index is 0.290. The van der Waals surface area contributed by atoms with Crippen molar-refractivity contribution in [3.05, 3.63) is 89.9 Å². The lowest BCUT2D eigenvalue weighted by molar-refractivity contribution is -0.137. The highest BCUT2D eigenvalue weighted by molar-refractivity contribution is 6.34. The van der Waals surface area contributed by atoms with Gasteiger partial charge in [0.05, 0.1) is 24.5 Å². The van der Waals surface area contributed by atoms with E-state index in [0.29, 0.717) is 5.75 Å². The molecule has 0 aliphatic carbocycles. The van der Waals surface area contributed by atoms with E-state index in [1.54, 1.807) is 30.1 Å². The van der Waals surface area contributed by atoms with Crippen LogP contribution in [-0.2, 0) is 9.59 Å². The number of methoxy groups -OCH3 is 1. The first-order valence-electron chi connectivity index (χ1n) is 10.3. The second-order valence-electron chi connectivity index (χ2n) is 7.73. The Labute approximate surface area is 190 Å². The van der Waals surface area contributed by atoms with E-state index >= 15 is 0 Å². The summed E-state index contributed by atoms with van der Waals surface area (Å²) in [6.07, 6.45) is 1.73. The van der Waals surface area contributed by atoms with Crippen molar-refractivity contribution >= 4 is 22.7 Å². The van der Waals surface area contributed by atoms with Crippen molar-refractivity contribution in [1.29, 1.82) is 0 Å². The number of fused-ring (bicyclic) bond motifs is 1. The van der Waals surface area contributed by atoms with Crippen molar-refractivity contribution in [2.24, 2.45) is 5.73 Å². The molecule has 0 spiro atoms. The molecule has 0 radical (unpaired) electrons. The molecular weight excluding hydrogens is 423 g/mol. The third-order valence-corrected chi connectivity index (χ3v) is 5.56. The van der Waals surface area contributed by atoms with Gasteiger partial charge in [0.2, 0.25) is 0 Å². The minimum atomic E-state index is -1.04. The molecule has 2 atom stereocenters. The van der Waals surface area contributed by atoms with Gasteiger partial charge in [-0.05, 0) is 66.6 Å². The largest absolute Gasteiger partial charge is 0.497 e. The molecule has 2 amide bonds. The van der Waals surface area contributed by atoms with E-state index < -0.39 is 17.9 Å². The number of hydrogen-bond donors (Lipinski definition) is 2. The lowest BCUT2D eigenvalue weighted by Gasteiger charge is -2.26. The number of nitrogens with two attached hydrogens (primary N) is 1. The second-order valence-corrected chi connectivity index (χ2v) is 7.73. The highest BCUT2D eigenvalue weighted by Gasteiger charge is 2.25. The van der Waals surface area contributed by atoms with Crippen molar-refractivity contribution in [2.75, 3.05) is 7.11 Å². The van der Waals surface area contributed by atoms with Crippen molar-refractivity contribution in [3.8, 4) is 11.4 Å². The maximum atomic E-state index is 13.3. The van der Waals surface area contributed by atoms with Gasteiger partial charge in [0.15, 0.2) is 0 Å². The zero-order valence-corrected chi connectivity index (χ0v) is 18.2. The van der Waals surface area contributed by atoms with Gasteiger partial charge in [0.1, 0.15) is 11.6 Å². The molecule has 1 heterocycles. The average Bonchev–Trinajstić information content (AvgIpc) is 3.23. The normalized spacial score (nSPS) is 12.8. The average molecular weight is 446 g/mol. The number of rotatable bonds is 6. The van der Waals surface area contributed by atoms with Crippen molar-refractivity contribution in [1.82, 2.24) is 15.1 Å². The predicted octanol–water partition coefficient (Wildman–Crippen LogP) is 3.30. The van der Waals surface area contributed by atoms with Crippen molar-refractivity contribution in [3.63, 3.8) is 0 Å². The first kappa shape index (κ1) is 22.0. The Morgan fingerprint density at radius 1 is 1.06 bits per heavy atom. The van der Waals surface area contributed by atoms with Crippen molar-refractivity contribution < 1.29 is 18.7 Å². The van der Waals surface area contributed by atoms with Crippen LogP contribution in [0.1, 0.15) is 24.0 Å². The summed E-state index contributed by atoms with van der Waals surface area (Å²) < 4.78 is 20.4. The Kier molecular flexibility index (Phi) is 6.08. The highest BCUT2D eigenvalue weighted by atomic mass is 19.1. The molecule has 33 heavy (non-hydrogen) atoms. The van der Waals surface area contributed by atoms with Crippen LogP contribution >= 0.6 is 0 Å². The van der Waals surface area contributed by atoms with Crippen LogP contribution in [0.25, 0.3) is 16.6 Å². The van der Waals surface area contributed by atoms with Gasteiger partial charge in [-0.2, -0.15) is 5.10 Å². The predicted molar refractivity (Wildman–Crippen MR) is 123 cm³/mol. The molecule has 0 saturated carbocycles. The first-order valence-corrected chi connectivity index (χ1v) is 10.3. The number of carbonyl (C=O) groups is 2. The van der Waals surface area contributed by atoms with Gasteiger partial charge < -0.3 is 15.8 Å². The molecular formula is C25H23FN4O3. The van der Waals surface area contributed by atoms with Gasteiger partial charge in [0.25, 0.3) is 0 Å². The summed E-state index contributed by atoms with van der Waals surface area (Å²) in [4.78, 5) is 23.3. The topological polar surface area (TPSA) is 99.2 Å². The SMILES string of the molecule is COc1cccc([C@@H](c2ccc3c(cnn3-c3ccc(F)cc3)c2)[C@H](C)NC(=O)C(N)=O)c1. The monoisotopic (exact) mass is 446 g/mol. The van der Waals surface area contributed by atoms with Gasteiger partial charge >= 0.3 is 11.8 Å². The Morgan fingerprint density at radius 2 is 1.79 bits per heavy atom. The van der Waals surface area contributed by atoms with Crippen LogP contribution in [-0.4, -0.2) is 34.7 Å². The number of aromatic nitrogens is 2. The molecule has 0 saturated heterocycles. The summed E-state index contributed by atoms with van der Waals surface area (Å²) in [5.41, 5.74) is 8.54. The highest BCUT2D eigenvalue weighted by Crippen LogP contribution is 2.32. The second kappa shape index (κ2) is 9.12. The van der Waals surface area contributed by atoms with Crippen LogP contribution in [0.15, 0.2) is 72.9 Å². The quantitative estimate of drug-likeness (QED) is 0.444. The molecule has 168 valence electrons. The summed E-state index contributed by atoms with van der Waals surface area (Å²) in [5.74, 6) is -1.81. The third kappa shape index (κ3) is 4.55. The number of nitrogens with zero attached hydrogens (tertiary/aromatic N) is 2. The summed E-state index contributed by atoms with van der Waals surface area (Å²) in [7, 11) is 1.59. The van der Waals surface area contributed by atoms with E-state index in [0.717, 1.165) is 27.7 Å². The number of nitrogens with one attached hydrogen (secondary N) is 1. The van der Waals surface area contributed by atoms with Gasteiger partial charge in [-0.1, -0.05) is 18.2 Å². The molecule has 0 aliphatic heterocycles. The maximum Gasteiger partial charge on any atom is 0.309 e. The van der Waals surface area contributed by atoms with Crippen LogP contribution in [0.2, 0.25) is 0 Å². The molecule has 0 aliphatic rings. The lowest BCUT2D eigenvalue weighted by Crippen LogP contribution is -2.43. The van der Waals surface area contributed by atoms with E-state index in [1.807, 2.05) is 49.4 Å².